The molecule has 0 radical (unpaired) electrons. The first-order valence-electron chi connectivity index (χ1n) is 12.0. The van der Waals surface area contributed by atoms with Gasteiger partial charge in [-0.15, -0.1) is 0 Å². The van der Waals surface area contributed by atoms with E-state index < -0.39 is 5.91 Å². The summed E-state index contributed by atoms with van der Waals surface area (Å²) in [6.07, 6.45) is 2.89. The first kappa shape index (κ1) is 26.7. The number of fused-ring (bicyclic) bond motifs is 1. The summed E-state index contributed by atoms with van der Waals surface area (Å²) in [5.74, 6) is 1.17. The van der Waals surface area contributed by atoms with Gasteiger partial charge in [-0.25, -0.2) is 4.98 Å². The third kappa shape index (κ3) is 6.23. The van der Waals surface area contributed by atoms with Gasteiger partial charge in [0.15, 0.2) is 10.7 Å². The molecule has 0 aliphatic heterocycles. The molecule has 0 aliphatic rings. The van der Waals surface area contributed by atoms with Crippen LogP contribution in [0.4, 0.5) is 5.69 Å². The quantitative estimate of drug-likeness (QED) is 0.161. The van der Waals surface area contributed by atoms with E-state index in [4.69, 9.17) is 44.3 Å². The molecule has 196 valence electrons. The van der Waals surface area contributed by atoms with Gasteiger partial charge in [0, 0.05) is 32.9 Å². The Morgan fingerprint density at radius 3 is 2.44 bits per heavy atom. The van der Waals surface area contributed by atoms with Crippen molar-refractivity contribution < 1.29 is 13.6 Å². The molecule has 0 saturated heterocycles. The summed E-state index contributed by atoms with van der Waals surface area (Å²) in [7, 11) is 0. The van der Waals surface area contributed by atoms with Gasteiger partial charge >= 0.3 is 0 Å². The first-order valence-corrected chi connectivity index (χ1v) is 13.2. The van der Waals surface area contributed by atoms with Crippen LogP contribution in [0.5, 0.6) is 0 Å². The average Bonchev–Trinajstić information content (AvgIpc) is 3.51. The Hall–Kier alpha value is -3.91. The predicted molar refractivity (Wildman–Crippen MR) is 161 cm³/mol. The number of carbonyl (C=O) groups is 1. The smallest absolute Gasteiger partial charge is 0.250 e. The van der Waals surface area contributed by atoms with E-state index in [2.05, 4.69) is 21.7 Å². The van der Waals surface area contributed by atoms with E-state index in [9.17, 15) is 4.79 Å². The normalized spacial score (nSPS) is 11.3. The highest BCUT2D eigenvalue weighted by Gasteiger charge is 2.13. The number of nitrogens with zero attached hydrogens (tertiary/aromatic N) is 1. The highest BCUT2D eigenvalue weighted by atomic mass is 35.5. The Morgan fingerprint density at radius 1 is 0.897 bits per heavy atom. The van der Waals surface area contributed by atoms with Gasteiger partial charge < -0.3 is 14.2 Å². The maximum absolute atomic E-state index is 12.5. The van der Waals surface area contributed by atoms with Crippen molar-refractivity contribution in [2.24, 2.45) is 0 Å². The molecule has 5 aromatic rings. The van der Waals surface area contributed by atoms with Gasteiger partial charge in [0.25, 0.3) is 0 Å². The number of carbonyl (C=O) groups excluding carboxylic acids is 1. The van der Waals surface area contributed by atoms with E-state index in [1.807, 2.05) is 45.0 Å². The molecule has 2 aromatic heterocycles. The Kier molecular flexibility index (Phi) is 7.57. The molecule has 9 heteroatoms. The van der Waals surface area contributed by atoms with Gasteiger partial charge in [-0.3, -0.25) is 10.1 Å². The molecular weight excluding hydrogens is 553 g/mol. The number of anilines is 1. The number of rotatable bonds is 5. The van der Waals surface area contributed by atoms with E-state index >= 15 is 0 Å². The summed E-state index contributed by atoms with van der Waals surface area (Å²) in [4.78, 5) is 17.1. The zero-order valence-electron chi connectivity index (χ0n) is 21.3. The summed E-state index contributed by atoms with van der Waals surface area (Å²) >= 11 is 17.5. The Balaban J connectivity index is 1.25. The van der Waals surface area contributed by atoms with Crippen molar-refractivity contribution >= 4 is 69.3 Å². The molecule has 0 unspecified atom stereocenters. The summed E-state index contributed by atoms with van der Waals surface area (Å²) in [6, 6.07) is 18.5. The lowest BCUT2D eigenvalue weighted by atomic mass is 10.1. The Bertz CT molecular complexity index is 1750. The average molecular weight is 577 g/mol. The van der Waals surface area contributed by atoms with Crippen molar-refractivity contribution in [1.29, 1.82) is 0 Å². The topological polar surface area (TPSA) is 80.3 Å². The SMILES string of the molecule is Cc1cc(C)c2oc(-c3ccc(C)c(NC(=S)NC(=O)/C=C/c4ccc(-c5cc(Cl)cc(Cl)c5)o4)c3)nc2c1. The summed E-state index contributed by atoms with van der Waals surface area (Å²) in [5, 5.41) is 6.91. The van der Waals surface area contributed by atoms with Crippen LogP contribution in [-0.2, 0) is 4.79 Å². The second kappa shape index (κ2) is 11.1. The molecule has 0 aliphatic carbocycles. The van der Waals surface area contributed by atoms with Crippen LogP contribution in [0.15, 0.2) is 75.6 Å². The van der Waals surface area contributed by atoms with Crippen molar-refractivity contribution in [2.75, 3.05) is 5.32 Å². The standard InChI is InChI=1S/C30H23Cl2N3O3S/c1-16-10-18(3)28-25(11-16)33-29(38-28)19-5-4-17(2)24(14-19)34-30(39)35-27(36)9-7-23-6-8-26(37-23)20-12-21(31)15-22(32)13-20/h4-15H,1-3H3,(H2,34,35,36,39)/b9-7+. The monoisotopic (exact) mass is 575 g/mol. The molecule has 2 N–H and O–H groups in total. The summed E-state index contributed by atoms with van der Waals surface area (Å²) < 4.78 is 11.8. The number of hydrogen-bond acceptors (Lipinski definition) is 5. The number of aromatic nitrogens is 1. The van der Waals surface area contributed by atoms with Crippen LogP contribution >= 0.6 is 35.4 Å². The lowest BCUT2D eigenvalue weighted by molar-refractivity contribution is -0.115. The molecule has 5 rings (SSSR count). The molecule has 0 fully saturated rings. The van der Waals surface area contributed by atoms with Gasteiger partial charge in [0.2, 0.25) is 11.8 Å². The number of benzene rings is 3. The number of thiocarbonyl (C=S) groups is 1. The number of aryl methyl sites for hydroxylation is 3. The molecule has 39 heavy (non-hydrogen) atoms. The van der Waals surface area contributed by atoms with Gasteiger partial charge in [-0.2, -0.15) is 0 Å². The second-order valence-electron chi connectivity index (χ2n) is 9.12. The fraction of sp³-hybridized carbons (Fsp3) is 0.100. The minimum absolute atomic E-state index is 0.155. The fourth-order valence-corrected chi connectivity index (χ4v) is 4.89. The van der Waals surface area contributed by atoms with Crippen LogP contribution in [0, 0.1) is 20.8 Å². The van der Waals surface area contributed by atoms with E-state index in [1.165, 1.54) is 6.08 Å². The van der Waals surface area contributed by atoms with Crippen molar-refractivity contribution in [3.63, 3.8) is 0 Å². The third-order valence-electron chi connectivity index (χ3n) is 5.96. The largest absolute Gasteiger partial charge is 0.457 e. The van der Waals surface area contributed by atoms with E-state index in [0.29, 0.717) is 27.5 Å². The first-order chi connectivity index (χ1) is 18.6. The zero-order chi connectivity index (χ0) is 27.7. The number of amides is 1. The molecule has 6 nitrogen and oxygen atoms in total. The van der Waals surface area contributed by atoms with Crippen molar-refractivity contribution in [1.82, 2.24) is 10.3 Å². The molecule has 0 atom stereocenters. The number of halogens is 2. The highest BCUT2D eigenvalue weighted by molar-refractivity contribution is 7.80. The lowest BCUT2D eigenvalue weighted by Gasteiger charge is -2.11. The van der Waals surface area contributed by atoms with Crippen LogP contribution in [0.1, 0.15) is 22.5 Å². The van der Waals surface area contributed by atoms with Gasteiger partial charge in [0.1, 0.15) is 17.0 Å². The van der Waals surface area contributed by atoms with Crippen molar-refractivity contribution in [3.05, 3.63) is 99.2 Å². The fourth-order valence-electron chi connectivity index (χ4n) is 4.15. The molecule has 2 heterocycles. The zero-order valence-corrected chi connectivity index (χ0v) is 23.6. The van der Waals surface area contributed by atoms with Crippen LogP contribution in [0.3, 0.4) is 0 Å². The molecule has 3 aromatic carbocycles. The minimum Gasteiger partial charge on any atom is -0.457 e. The summed E-state index contributed by atoms with van der Waals surface area (Å²) in [6.45, 7) is 5.97. The van der Waals surface area contributed by atoms with E-state index in [0.717, 1.165) is 44.6 Å². The van der Waals surface area contributed by atoms with E-state index in [1.54, 1.807) is 36.4 Å². The number of oxazole rings is 1. The molecule has 1 amide bonds. The van der Waals surface area contributed by atoms with Gasteiger partial charge in [-0.1, -0.05) is 35.3 Å². The second-order valence-corrected chi connectivity index (χ2v) is 10.4. The number of furan rings is 1. The molecule has 0 saturated carbocycles. The molecule has 0 bridgehead atoms. The van der Waals surface area contributed by atoms with Crippen LogP contribution in [0.25, 0.3) is 40.0 Å². The molecule has 0 spiro atoms. The van der Waals surface area contributed by atoms with Crippen molar-refractivity contribution in [3.8, 4) is 22.8 Å². The van der Waals surface area contributed by atoms with Crippen LogP contribution in [0.2, 0.25) is 10.0 Å². The van der Waals surface area contributed by atoms with Crippen LogP contribution < -0.4 is 10.6 Å². The third-order valence-corrected chi connectivity index (χ3v) is 6.60. The Labute approximate surface area is 240 Å². The maximum atomic E-state index is 12.5. The van der Waals surface area contributed by atoms with Crippen LogP contribution in [-0.4, -0.2) is 16.0 Å². The maximum Gasteiger partial charge on any atom is 0.250 e. The number of hydrogen-bond donors (Lipinski definition) is 2. The molecular formula is C30H23Cl2N3O3S. The van der Waals surface area contributed by atoms with Gasteiger partial charge in [-0.05, 0) is 104 Å². The predicted octanol–water partition coefficient (Wildman–Crippen LogP) is 8.51. The van der Waals surface area contributed by atoms with E-state index in [-0.39, 0.29) is 5.11 Å². The lowest BCUT2D eigenvalue weighted by Crippen LogP contribution is -2.33. The number of nitrogens with one attached hydrogen (secondary N) is 2. The Morgan fingerprint density at radius 2 is 1.67 bits per heavy atom. The van der Waals surface area contributed by atoms with Gasteiger partial charge in [0.05, 0.1) is 0 Å². The highest BCUT2D eigenvalue weighted by Crippen LogP contribution is 2.31. The minimum atomic E-state index is -0.408. The summed E-state index contributed by atoms with van der Waals surface area (Å²) in [5.41, 5.74) is 6.94. The van der Waals surface area contributed by atoms with Crippen molar-refractivity contribution in [2.45, 2.75) is 20.8 Å².